The molecule has 0 unspecified atom stereocenters. The molecule has 3 aromatic rings. The Bertz CT molecular complexity index is 1220. The van der Waals surface area contributed by atoms with Gasteiger partial charge in [-0.3, -0.25) is 4.79 Å². The van der Waals surface area contributed by atoms with Crippen LogP contribution in [0.1, 0.15) is 51.9 Å². The molecule has 0 radical (unpaired) electrons. The molecule has 0 amide bonds. The molecule has 0 saturated heterocycles. The van der Waals surface area contributed by atoms with Crippen molar-refractivity contribution in [2.45, 2.75) is 77.8 Å². The molecule has 8 heteroatoms. The molecule has 0 fully saturated rings. The van der Waals surface area contributed by atoms with Crippen LogP contribution in [-0.4, -0.2) is 32.7 Å². The van der Waals surface area contributed by atoms with Gasteiger partial charge in [0.05, 0.1) is 11.2 Å². The van der Waals surface area contributed by atoms with Gasteiger partial charge in [0.15, 0.2) is 6.29 Å². The molecule has 0 atom stereocenters. The molecule has 0 aliphatic carbocycles. The molecule has 5 nitrogen and oxygen atoms in total. The van der Waals surface area contributed by atoms with Crippen molar-refractivity contribution in [1.29, 1.82) is 0 Å². The number of carbonyl (C=O) groups is 1. The SMILES string of the molecule is CC(C)(C)[Si](C)(C)Oc1ccc(-n2nc3ccc(O[Si](C)(C)C(C)(C)C)cc3c2Cl)c(C=O)c1. The molecule has 2 aromatic carbocycles. The summed E-state index contributed by atoms with van der Waals surface area (Å²) in [5.41, 5.74) is 1.83. The third-order valence-corrected chi connectivity index (χ3v) is 16.4. The Kier molecular flexibility index (Phi) is 6.89. The first kappa shape index (κ1) is 26.5. The highest BCUT2D eigenvalue weighted by Gasteiger charge is 2.40. The normalized spacial score (nSPS) is 13.3. The van der Waals surface area contributed by atoms with Crippen LogP contribution in [0.25, 0.3) is 16.6 Å². The van der Waals surface area contributed by atoms with Crippen LogP contribution in [0.5, 0.6) is 11.5 Å². The summed E-state index contributed by atoms with van der Waals surface area (Å²) in [6, 6.07) is 11.3. The topological polar surface area (TPSA) is 53.4 Å². The second kappa shape index (κ2) is 8.84. The van der Waals surface area contributed by atoms with E-state index in [0.29, 0.717) is 22.2 Å². The molecule has 0 aliphatic rings. The standard InChI is InChI=1S/C26H37ClN2O3Si2/c1-25(2,3)33(7,8)31-19-12-14-23(18(15-19)17-30)29-24(27)21-16-20(11-13-22(21)28-29)32-34(9,10)26(4,5)6/h11-17H,1-10H3. The largest absolute Gasteiger partial charge is 0.543 e. The molecule has 184 valence electrons. The lowest BCUT2D eigenvalue weighted by molar-refractivity contribution is 0.112. The van der Waals surface area contributed by atoms with Crippen LogP contribution in [0, 0.1) is 0 Å². The molecule has 34 heavy (non-hydrogen) atoms. The second-order valence-electron chi connectivity index (χ2n) is 11.9. The van der Waals surface area contributed by atoms with Crippen molar-refractivity contribution >= 4 is 45.4 Å². The van der Waals surface area contributed by atoms with Gasteiger partial charge in [-0.25, -0.2) is 4.68 Å². The van der Waals surface area contributed by atoms with E-state index in [2.05, 4.69) is 72.8 Å². The highest BCUT2D eigenvalue weighted by atomic mass is 35.5. The van der Waals surface area contributed by atoms with Crippen molar-refractivity contribution in [3.05, 3.63) is 47.1 Å². The molecule has 1 aromatic heterocycles. The predicted molar refractivity (Wildman–Crippen MR) is 147 cm³/mol. The Balaban J connectivity index is 2.01. The van der Waals surface area contributed by atoms with Crippen LogP contribution >= 0.6 is 11.6 Å². The van der Waals surface area contributed by atoms with E-state index in [4.69, 9.17) is 20.5 Å². The molecular weight excluding hydrogens is 480 g/mol. The number of halogens is 1. The van der Waals surface area contributed by atoms with Gasteiger partial charge in [-0.05, 0) is 72.7 Å². The molecule has 0 bridgehead atoms. The molecule has 0 spiro atoms. The van der Waals surface area contributed by atoms with Crippen molar-refractivity contribution in [3.63, 3.8) is 0 Å². The summed E-state index contributed by atoms with van der Waals surface area (Å²) in [5.74, 6) is 1.48. The Labute approximate surface area is 210 Å². The number of aromatic nitrogens is 2. The molecule has 1 heterocycles. The fraction of sp³-hybridized carbons (Fsp3) is 0.462. The van der Waals surface area contributed by atoms with Crippen LogP contribution in [0.3, 0.4) is 0 Å². The summed E-state index contributed by atoms with van der Waals surface area (Å²) in [5, 5.41) is 6.04. The minimum Gasteiger partial charge on any atom is -0.543 e. The smallest absolute Gasteiger partial charge is 0.250 e. The molecule has 0 N–H and O–H groups in total. The third-order valence-electron chi connectivity index (χ3n) is 7.30. The van der Waals surface area contributed by atoms with Crippen molar-refractivity contribution in [3.8, 4) is 17.2 Å². The lowest BCUT2D eigenvalue weighted by Crippen LogP contribution is -2.43. The highest BCUT2D eigenvalue weighted by Crippen LogP contribution is 2.40. The van der Waals surface area contributed by atoms with E-state index in [-0.39, 0.29) is 10.1 Å². The van der Waals surface area contributed by atoms with Gasteiger partial charge in [0, 0.05) is 10.9 Å². The van der Waals surface area contributed by atoms with Gasteiger partial charge < -0.3 is 8.85 Å². The summed E-state index contributed by atoms with van der Waals surface area (Å²) in [6.45, 7) is 22.0. The van der Waals surface area contributed by atoms with Gasteiger partial charge in [0.2, 0.25) is 16.6 Å². The Morgan fingerprint density at radius 1 is 0.853 bits per heavy atom. The first-order valence-corrected chi connectivity index (χ1v) is 17.8. The molecule has 3 rings (SSSR count). The fourth-order valence-corrected chi connectivity index (χ4v) is 5.36. The van der Waals surface area contributed by atoms with Crippen LogP contribution in [0.2, 0.25) is 41.4 Å². The number of fused-ring (bicyclic) bond motifs is 1. The fourth-order valence-electron chi connectivity index (χ4n) is 3.04. The summed E-state index contributed by atoms with van der Waals surface area (Å²) < 4.78 is 14.4. The van der Waals surface area contributed by atoms with Gasteiger partial charge in [-0.15, -0.1) is 0 Å². The monoisotopic (exact) mass is 516 g/mol. The average molecular weight is 517 g/mol. The van der Waals surface area contributed by atoms with E-state index in [0.717, 1.165) is 22.9 Å². The minimum atomic E-state index is -2.03. The van der Waals surface area contributed by atoms with E-state index in [1.54, 1.807) is 10.7 Å². The lowest BCUT2D eigenvalue weighted by Gasteiger charge is -2.36. The van der Waals surface area contributed by atoms with Crippen LogP contribution in [0.15, 0.2) is 36.4 Å². The maximum Gasteiger partial charge on any atom is 0.250 e. The van der Waals surface area contributed by atoms with Crippen molar-refractivity contribution in [2.75, 3.05) is 0 Å². The Morgan fingerprint density at radius 3 is 1.85 bits per heavy atom. The van der Waals surface area contributed by atoms with Crippen molar-refractivity contribution in [1.82, 2.24) is 9.78 Å². The van der Waals surface area contributed by atoms with Crippen LogP contribution < -0.4 is 8.85 Å². The summed E-state index contributed by atoms with van der Waals surface area (Å²) in [7, 11) is -4.02. The van der Waals surface area contributed by atoms with Crippen molar-refractivity contribution < 1.29 is 13.6 Å². The van der Waals surface area contributed by atoms with Gasteiger partial charge >= 0.3 is 0 Å². The molecular formula is C26H37ClN2O3Si2. The van der Waals surface area contributed by atoms with E-state index in [1.807, 2.05) is 30.3 Å². The number of carbonyl (C=O) groups excluding carboxylic acids is 1. The van der Waals surface area contributed by atoms with Gasteiger partial charge in [-0.2, -0.15) is 5.10 Å². The van der Waals surface area contributed by atoms with Crippen molar-refractivity contribution in [2.24, 2.45) is 0 Å². The maximum atomic E-state index is 12.0. The number of benzene rings is 2. The first-order valence-electron chi connectivity index (χ1n) is 11.6. The van der Waals surface area contributed by atoms with Crippen LogP contribution in [0.4, 0.5) is 0 Å². The second-order valence-corrected chi connectivity index (χ2v) is 21.8. The average Bonchev–Trinajstić information content (AvgIpc) is 3.01. The van der Waals surface area contributed by atoms with Gasteiger partial charge in [0.25, 0.3) is 0 Å². The zero-order valence-corrected chi connectivity index (χ0v) is 24.8. The minimum absolute atomic E-state index is 0.0558. The number of aldehydes is 1. The highest BCUT2D eigenvalue weighted by molar-refractivity contribution is 6.75. The number of rotatable bonds is 6. The number of hydrogen-bond acceptors (Lipinski definition) is 4. The number of nitrogens with zero attached hydrogens (tertiary/aromatic N) is 2. The molecule has 0 aliphatic heterocycles. The zero-order valence-electron chi connectivity index (χ0n) is 22.0. The van der Waals surface area contributed by atoms with Gasteiger partial charge in [0.1, 0.15) is 16.7 Å². The van der Waals surface area contributed by atoms with Gasteiger partial charge in [-0.1, -0.05) is 53.1 Å². The maximum absolute atomic E-state index is 12.0. The van der Waals surface area contributed by atoms with Crippen LogP contribution in [-0.2, 0) is 0 Å². The number of hydrogen-bond donors (Lipinski definition) is 0. The third kappa shape index (κ3) is 5.11. The van der Waals surface area contributed by atoms with E-state index in [9.17, 15) is 4.79 Å². The van der Waals surface area contributed by atoms with E-state index < -0.39 is 16.6 Å². The summed E-state index contributed by atoms with van der Waals surface area (Å²) in [4.78, 5) is 12.0. The van der Waals surface area contributed by atoms with E-state index >= 15 is 0 Å². The summed E-state index contributed by atoms with van der Waals surface area (Å²) >= 11 is 6.78. The zero-order chi connectivity index (χ0) is 25.7. The first-order chi connectivity index (χ1) is 15.5. The Morgan fingerprint density at radius 2 is 1.35 bits per heavy atom. The molecule has 0 saturated carbocycles. The predicted octanol–water partition coefficient (Wildman–Crippen LogP) is 8.26. The quantitative estimate of drug-likeness (QED) is 0.244. The lowest BCUT2D eigenvalue weighted by atomic mass is 10.2. The Hall–Kier alpha value is -2.10. The summed E-state index contributed by atoms with van der Waals surface area (Å²) in [6.07, 6.45) is 0.822. The van der Waals surface area contributed by atoms with E-state index in [1.165, 1.54) is 0 Å².